The van der Waals surface area contributed by atoms with Gasteiger partial charge in [-0.15, -0.1) is 0 Å². The van der Waals surface area contributed by atoms with E-state index >= 15 is 0 Å². The van der Waals surface area contributed by atoms with Gasteiger partial charge in [0.2, 0.25) is 11.9 Å². The van der Waals surface area contributed by atoms with E-state index < -0.39 is 0 Å². The Balaban J connectivity index is 2.79. The Morgan fingerprint density at radius 2 is 2.00 bits per heavy atom. The minimum atomic E-state index is 0.347. The molecule has 0 aliphatic rings. The standard InChI is InChI=1S/C13H25N5O/c1-6-8-14-11-15-12(17-13(16-11)19-5)18(4)9-7-10(2)3/h10H,6-9H2,1-5H3,(H,14,15,16,17). The third-order valence-electron chi connectivity index (χ3n) is 2.70. The molecule has 0 amide bonds. The number of nitrogens with zero attached hydrogens (tertiary/aromatic N) is 4. The Hall–Kier alpha value is -1.59. The van der Waals surface area contributed by atoms with Crippen LogP contribution in [-0.2, 0) is 0 Å². The zero-order valence-corrected chi connectivity index (χ0v) is 12.6. The number of hydrogen-bond acceptors (Lipinski definition) is 6. The van der Waals surface area contributed by atoms with Crippen LogP contribution in [0.15, 0.2) is 0 Å². The van der Waals surface area contributed by atoms with Crippen molar-refractivity contribution in [1.82, 2.24) is 15.0 Å². The smallest absolute Gasteiger partial charge is 0.322 e. The molecule has 0 aliphatic carbocycles. The van der Waals surface area contributed by atoms with Crippen molar-refractivity contribution in [1.29, 1.82) is 0 Å². The maximum absolute atomic E-state index is 5.12. The first-order valence-electron chi connectivity index (χ1n) is 6.81. The summed E-state index contributed by atoms with van der Waals surface area (Å²) in [6.45, 7) is 8.26. The summed E-state index contributed by atoms with van der Waals surface area (Å²) in [5.74, 6) is 1.87. The van der Waals surface area contributed by atoms with E-state index in [0.717, 1.165) is 25.9 Å². The average Bonchev–Trinajstić information content (AvgIpc) is 2.41. The molecule has 0 unspecified atom stereocenters. The van der Waals surface area contributed by atoms with E-state index in [9.17, 15) is 0 Å². The van der Waals surface area contributed by atoms with Crippen LogP contribution in [0.4, 0.5) is 11.9 Å². The minimum absolute atomic E-state index is 0.347. The van der Waals surface area contributed by atoms with E-state index in [2.05, 4.69) is 41.0 Å². The van der Waals surface area contributed by atoms with E-state index in [-0.39, 0.29) is 0 Å². The van der Waals surface area contributed by atoms with Crippen LogP contribution in [0.25, 0.3) is 0 Å². The molecule has 1 aromatic heterocycles. The molecular weight excluding hydrogens is 242 g/mol. The van der Waals surface area contributed by atoms with Gasteiger partial charge in [0.1, 0.15) is 0 Å². The molecule has 108 valence electrons. The third kappa shape index (κ3) is 5.28. The first-order chi connectivity index (χ1) is 9.06. The van der Waals surface area contributed by atoms with Crippen LogP contribution in [0.1, 0.15) is 33.6 Å². The Labute approximate surface area is 115 Å². The molecule has 0 aliphatic heterocycles. The Morgan fingerprint density at radius 1 is 1.26 bits per heavy atom. The number of aromatic nitrogens is 3. The quantitative estimate of drug-likeness (QED) is 0.779. The highest BCUT2D eigenvalue weighted by molar-refractivity contribution is 5.37. The van der Waals surface area contributed by atoms with E-state index in [0.29, 0.717) is 23.8 Å². The van der Waals surface area contributed by atoms with Gasteiger partial charge in [-0.1, -0.05) is 20.8 Å². The number of hydrogen-bond donors (Lipinski definition) is 1. The molecule has 0 radical (unpaired) electrons. The molecule has 1 rings (SSSR count). The van der Waals surface area contributed by atoms with Gasteiger partial charge in [0.15, 0.2) is 0 Å². The summed E-state index contributed by atoms with van der Waals surface area (Å²) in [4.78, 5) is 14.9. The molecule has 0 spiro atoms. The lowest BCUT2D eigenvalue weighted by Crippen LogP contribution is -2.23. The molecule has 19 heavy (non-hydrogen) atoms. The Kier molecular flexibility index (Phi) is 6.32. The maximum Gasteiger partial charge on any atom is 0.322 e. The van der Waals surface area contributed by atoms with Crippen LogP contribution in [0.2, 0.25) is 0 Å². The molecule has 0 fully saturated rings. The van der Waals surface area contributed by atoms with Gasteiger partial charge in [-0.2, -0.15) is 15.0 Å². The van der Waals surface area contributed by atoms with Crippen molar-refractivity contribution in [2.75, 3.05) is 37.5 Å². The lowest BCUT2D eigenvalue weighted by Gasteiger charge is -2.19. The van der Waals surface area contributed by atoms with E-state index in [1.807, 2.05) is 11.9 Å². The van der Waals surface area contributed by atoms with Crippen molar-refractivity contribution in [3.05, 3.63) is 0 Å². The lowest BCUT2D eigenvalue weighted by molar-refractivity contribution is 0.378. The Morgan fingerprint density at radius 3 is 2.58 bits per heavy atom. The zero-order chi connectivity index (χ0) is 14.3. The molecule has 0 aromatic carbocycles. The van der Waals surface area contributed by atoms with Crippen molar-refractivity contribution in [2.24, 2.45) is 5.92 Å². The molecule has 6 heteroatoms. The molecule has 0 saturated heterocycles. The van der Waals surface area contributed by atoms with Crippen LogP contribution >= 0.6 is 0 Å². The van der Waals surface area contributed by atoms with Crippen LogP contribution in [0.3, 0.4) is 0 Å². The fourth-order valence-corrected chi connectivity index (χ4v) is 1.48. The van der Waals surface area contributed by atoms with E-state index in [4.69, 9.17) is 4.74 Å². The molecule has 1 aromatic rings. The van der Waals surface area contributed by atoms with Gasteiger partial charge < -0.3 is 15.0 Å². The Bertz CT molecular complexity index is 383. The number of methoxy groups -OCH3 is 1. The monoisotopic (exact) mass is 267 g/mol. The molecule has 1 heterocycles. The van der Waals surface area contributed by atoms with Crippen LogP contribution < -0.4 is 15.0 Å². The van der Waals surface area contributed by atoms with Gasteiger partial charge in [0.05, 0.1) is 7.11 Å². The largest absolute Gasteiger partial charge is 0.467 e. The van der Waals surface area contributed by atoms with Crippen molar-refractivity contribution < 1.29 is 4.74 Å². The summed E-state index contributed by atoms with van der Waals surface area (Å²) in [5.41, 5.74) is 0. The van der Waals surface area contributed by atoms with E-state index in [1.54, 1.807) is 7.11 Å². The third-order valence-corrected chi connectivity index (χ3v) is 2.70. The number of ether oxygens (including phenoxy) is 1. The second-order valence-corrected chi connectivity index (χ2v) is 4.98. The molecule has 1 N–H and O–H groups in total. The van der Waals surface area contributed by atoms with Crippen LogP contribution in [-0.4, -0.2) is 42.2 Å². The van der Waals surface area contributed by atoms with Crippen molar-refractivity contribution in [3.8, 4) is 6.01 Å². The summed E-state index contributed by atoms with van der Waals surface area (Å²) in [5, 5.41) is 3.16. The average molecular weight is 267 g/mol. The van der Waals surface area contributed by atoms with Crippen molar-refractivity contribution >= 4 is 11.9 Å². The lowest BCUT2D eigenvalue weighted by atomic mass is 10.1. The van der Waals surface area contributed by atoms with Gasteiger partial charge in [-0.05, 0) is 18.8 Å². The topological polar surface area (TPSA) is 63.2 Å². The van der Waals surface area contributed by atoms with Gasteiger partial charge in [-0.3, -0.25) is 0 Å². The molecule has 6 nitrogen and oxygen atoms in total. The molecule has 0 saturated carbocycles. The summed E-state index contributed by atoms with van der Waals surface area (Å²) >= 11 is 0. The molecule has 0 atom stereocenters. The SMILES string of the molecule is CCCNc1nc(OC)nc(N(C)CCC(C)C)n1. The highest BCUT2D eigenvalue weighted by atomic mass is 16.5. The predicted molar refractivity (Wildman–Crippen MR) is 77.9 cm³/mol. The highest BCUT2D eigenvalue weighted by Gasteiger charge is 2.10. The zero-order valence-electron chi connectivity index (χ0n) is 12.6. The predicted octanol–water partition coefficient (Wildman–Crippen LogP) is 2.18. The van der Waals surface area contributed by atoms with Crippen LogP contribution in [0.5, 0.6) is 6.01 Å². The van der Waals surface area contributed by atoms with E-state index in [1.165, 1.54) is 0 Å². The fourth-order valence-electron chi connectivity index (χ4n) is 1.48. The highest BCUT2D eigenvalue weighted by Crippen LogP contribution is 2.14. The van der Waals surface area contributed by atoms with Gasteiger partial charge in [-0.25, -0.2) is 0 Å². The molecule has 0 bridgehead atoms. The van der Waals surface area contributed by atoms with Gasteiger partial charge >= 0.3 is 6.01 Å². The maximum atomic E-state index is 5.12. The summed E-state index contributed by atoms with van der Waals surface area (Å²) in [6, 6.07) is 0.347. The van der Waals surface area contributed by atoms with Crippen LogP contribution in [0, 0.1) is 5.92 Å². The van der Waals surface area contributed by atoms with Gasteiger partial charge in [0, 0.05) is 20.1 Å². The second-order valence-electron chi connectivity index (χ2n) is 4.98. The first kappa shape index (κ1) is 15.5. The number of nitrogens with one attached hydrogen (secondary N) is 1. The normalized spacial score (nSPS) is 10.6. The summed E-state index contributed by atoms with van der Waals surface area (Å²) in [7, 11) is 3.55. The molecular formula is C13H25N5O. The second kappa shape index (κ2) is 7.76. The van der Waals surface area contributed by atoms with Crippen molar-refractivity contribution in [2.45, 2.75) is 33.6 Å². The summed E-state index contributed by atoms with van der Waals surface area (Å²) in [6.07, 6.45) is 2.12. The van der Waals surface area contributed by atoms with Gasteiger partial charge in [0.25, 0.3) is 0 Å². The number of anilines is 2. The first-order valence-corrected chi connectivity index (χ1v) is 6.81. The number of rotatable bonds is 8. The minimum Gasteiger partial charge on any atom is -0.467 e. The summed E-state index contributed by atoms with van der Waals surface area (Å²) < 4.78 is 5.12. The van der Waals surface area contributed by atoms with Crippen molar-refractivity contribution in [3.63, 3.8) is 0 Å². The fraction of sp³-hybridized carbons (Fsp3) is 0.769.